The van der Waals surface area contributed by atoms with Crippen LogP contribution < -0.4 is 9.47 Å². The molecule has 2 aromatic rings. The first-order valence-electron chi connectivity index (χ1n) is 10.3. The molecule has 0 bridgehead atoms. The van der Waals surface area contributed by atoms with E-state index in [9.17, 15) is 13.2 Å². The summed E-state index contributed by atoms with van der Waals surface area (Å²) < 4.78 is 43.7. The maximum absolute atomic E-state index is 13.0. The molecule has 0 radical (unpaired) electrons. The molecule has 7 nitrogen and oxygen atoms in total. The molecule has 8 heteroatoms. The van der Waals surface area contributed by atoms with E-state index in [1.165, 1.54) is 16.4 Å². The fraction of sp³-hybridized carbons (Fsp3) is 0.348. The van der Waals surface area contributed by atoms with Crippen molar-refractivity contribution in [1.82, 2.24) is 4.31 Å². The van der Waals surface area contributed by atoms with Crippen molar-refractivity contribution in [3.05, 3.63) is 60.2 Å². The summed E-state index contributed by atoms with van der Waals surface area (Å²) in [4.78, 5) is 12.5. The highest BCUT2D eigenvalue weighted by Gasteiger charge is 2.33. The van der Waals surface area contributed by atoms with E-state index in [0.29, 0.717) is 37.6 Å². The Balaban J connectivity index is 1.29. The van der Waals surface area contributed by atoms with Crippen LogP contribution in [0.5, 0.6) is 11.5 Å². The van der Waals surface area contributed by atoms with Crippen molar-refractivity contribution in [1.29, 1.82) is 0 Å². The topological polar surface area (TPSA) is 82.1 Å². The second kappa shape index (κ2) is 9.53. The molecule has 1 fully saturated rings. The number of hydrogen-bond acceptors (Lipinski definition) is 6. The van der Waals surface area contributed by atoms with E-state index in [0.717, 1.165) is 5.56 Å². The first-order valence-corrected chi connectivity index (χ1v) is 11.8. The maximum atomic E-state index is 13.0. The molecule has 0 aliphatic carbocycles. The van der Waals surface area contributed by atoms with Gasteiger partial charge in [0.25, 0.3) is 0 Å². The molecular weight excluding hydrogens is 418 g/mol. The van der Waals surface area contributed by atoms with Gasteiger partial charge in [0.05, 0.1) is 10.8 Å². The van der Waals surface area contributed by atoms with Crippen LogP contribution in [0, 0.1) is 5.92 Å². The molecule has 2 aliphatic heterocycles. The summed E-state index contributed by atoms with van der Waals surface area (Å²) in [6.45, 7) is 1.59. The Morgan fingerprint density at radius 3 is 2.48 bits per heavy atom. The van der Waals surface area contributed by atoms with Gasteiger partial charge in [0.2, 0.25) is 10.0 Å². The van der Waals surface area contributed by atoms with Crippen molar-refractivity contribution in [2.75, 3.05) is 32.9 Å². The minimum absolute atomic E-state index is 0.170. The van der Waals surface area contributed by atoms with Crippen molar-refractivity contribution in [3.8, 4) is 11.5 Å². The summed E-state index contributed by atoms with van der Waals surface area (Å²) in [6, 6.07) is 14.4. The normalized spacial score (nSPS) is 17.5. The van der Waals surface area contributed by atoms with Gasteiger partial charge in [-0.25, -0.2) is 8.42 Å². The Morgan fingerprint density at radius 2 is 1.74 bits per heavy atom. The SMILES string of the molecule is O=C(OC/C=C/c1ccccc1)C1CCN(S(=O)(=O)c2ccc3c(c2)OCCO3)CC1. The molecule has 0 atom stereocenters. The molecule has 1 saturated heterocycles. The van der Waals surface area contributed by atoms with E-state index in [1.54, 1.807) is 12.1 Å². The second-order valence-corrected chi connectivity index (χ2v) is 9.36. The van der Waals surface area contributed by atoms with Gasteiger partial charge in [-0.15, -0.1) is 0 Å². The van der Waals surface area contributed by atoms with Crippen LogP contribution in [0.4, 0.5) is 0 Å². The summed E-state index contributed by atoms with van der Waals surface area (Å²) in [5.41, 5.74) is 1.04. The number of nitrogens with zero attached hydrogens (tertiary/aromatic N) is 1. The van der Waals surface area contributed by atoms with Gasteiger partial charge in [-0.1, -0.05) is 36.4 Å². The number of fused-ring (bicyclic) bond motifs is 1. The number of rotatable bonds is 6. The summed E-state index contributed by atoms with van der Waals surface area (Å²) in [6.07, 6.45) is 4.57. The molecular formula is C23H25NO6S. The molecule has 164 valence electrons. The third-order valence-electron chi connectivity index (χ3n) is 5.37. The Hall–Kier alpha value is -2.84. The first kappa shape index (κ1) is 21.4. The predicted octanol–water partition coefficient (Wildman–Crippen LogP) is 3.12. The van der Waals surface area contributed by atoms with Crippen molar-refractivity contribution >= 4 is 22.1 Å². The van der Waals surface area contributed by atoms with Gasteiger partial charge in [-0.05, 0) is 36.6 Å². The number of benzene rings is 2. The van der Waals surface area contributed by atoms with Crippen molar-refractivity contribution in [2.24, 2.45) is 5.92 Å². The number of sulfonamides is 1. The van der Waals surface area contributed by atoms with Gasteiger partial charge in [0.15, 0.2) is 11.5 Å². The molecule has 31 heavy (non-hydrogen) atoms. The minimum atomic E-state index is -3.66. The molecule has 2 heterocycles. The molecule has 0 unspecified atom stereocenters. The lowest BCUT2D eigenvalue weighted by molar-refractivity contribution is -0.148. The third-order valence-corrected chi connectivity index (χ3v) is 7.27. The van der Waals surface area contributed by atoms with Crippen LogP contribution >= 0.6 is 0 Å². The smallest absolute Gasteiger partial charge is 0.309 e. The molecule has 0 amide bonds. The highest BCUT2D eigenvalue weighted by Crippen LogP contribution is 2.34. The highest BCUT2D eigenvalue weighted by molar-refractivity contribution is 7.89. The minimum Gasteiger partial charge on any atom is -0.486 e. The van der Waals surface area contributed by atoms with E-state index in [1.807, 2.05) is 36.4 Å². The first-order chi connectivity index (χ1) is 15.0. The fourth-order valence-corrected chi connectivity index (χ4v) is 5.15. The van der Waals surface area contributed by atoms with Gasteiger partial charge in [-0.3, -0.25) is 4.79 Å². The molecule has 0 spiro atoms. The molecule has 0 saturated carbocycles. The second-order valence-electron chi connectivity index (χ2n) is 7.43. The van der Waals surface area contributed by atoms with Gasteiger partial charge >= 0.3 is 5.97 Å². The molecule has 0 N–H and O–H groups in total. The summed E-state index contributed by atoms with van der Waals surface area (Å²) in [7, 11) is -3.66. The number of esters is 1. The van der Waals surface area contributed by atoms with Crippen LogP contribution in [-0.2, 0) is 19.6 Å². The van der Waals surface area contributed by atoms with E-state index in [-0.39, 0.29) is 36.5 Å². The van der Waals surface area contributed by atoms with Gasteiger partial charge in [0.1, 0.15) is 19.8 Å². The van der Waals surface area contributed by atoms with Crippen LogP contribution in [0.2, 0.25) is 0 Å². The van der Waals surface area contributed by atoms with Gasteiger partial charge in [0, 0.05) is 19.2 Å². The van der Waals surface area contributed by atoms with Crippen LogP contribution in [0.15, 0.2) is 59.5 Å². The zero-order chi connectivity index (χ0) is 21.7. The van der Waals surface area contributed by atoms with E-state index >= 15 is 0 Å². The van der Waals surface area contributed by atoms with E-state index in [4.69, 9.17) is 14.2 Å². The van der Waals surface area contributed by atoms with Gasteiger partial charge < -0.3 is 14.2 Å². The molecule has 4 rings (SSSR count). The Morgan fingerprint density at radius 1 is 1.03 bits per heavy atom. The van der Waals surface area contributed by atoms with Crippen LogP contribution in [-0.4, -0.2) is 51.6 Å². The average Bonchev–Trinajstić information content (AvgIpc) is 2.82. The maximum Gasteiger partial charge on any atom is 0.309 e. The van der Waals surface area contributed by atoms with E-state index < -0.39 is 10.0 Å². The highest BCUT2D eigenvalue weighted by atomic mass is 32.2. The predicted molar refractivity (Wildman–Crippen MR) is 115 cm³/mol. The number of carbonyl (C=O) groups excluding carboxylic acids is 1. The standard InChI is InChI=1S/C23H25NO6S/c25-23(30-14-4-7-18-5-2-1-3-6-18)19-10-12-24(13-11-19)31(26,27)20-8-9-21-22(17-20)29-16-15-28-21/h1-9,17,19H,10-16H2/b7-4+. The zero-order valence-electron chi connectivity index (χ0n) is 17.1. The lowest BCUT2D eigenvalue weighted by atomic mass is 9.98. The number of ether oxygens (including phenoxy) is 3. The number of piperidine rings is 1. The monoisotopic (exact) mass is 443 g/mol. The van der Waals surface area contributed by atoms with E-state index in [2.05, 4.69) is 0 Å². The van der Waals surface area contributed by atoms with Crippen LogP contribution in [0.1, 0.15) is 18.4 Å². The van der Waals surface area contributed by atoms with Crippen LogP contribution in [0.3, 0.4) is 0 Å². The quantitative estimate of drug-likeness (QED) is 0.638. The average molecular weight is 444 g/mol. The number of carbonyl (C=O) groups is 1. The lowest BCUT2D eigenvalue weighted by Crippen LogP contribution is -2.40. The van der Waals surface area contributed by atoms with Crippen LogP contribution in [0.25, 0.3) is 6.08 Å². The molecule has 2 aliphatic rings. The van der Waals surface area contributed by atoms with Crippen molar-refractivity contribution in [3.63, 3.8) is 0 Å². The Bertz CT molecular complexity index is 1040. The van der Waals surface area contributed by atoms with Crippen molar-refractivity contribution in [2.45, 2.75) is 17.7 Å². The zero-order valence-corrected chi connectivity index (χ0v) is 17.9. The number of hydrogen-bond donors (Lipinski definition) is 0. The lowest BCUT2D eigenvalue weighted by Gasteiger charge is -2.30. The Labute approximate surface area is 182 Å². The van der Waals surface area contributed by atoms with Gasteiger partial charge in [-0.2, -0.15) is 4.31 Å². The fourth-order valence-electron chi connectivity index (χ4n) is 3.66. The Kier molecular flexibility index (Phi) is 6.58. The molecule has 2 aromatic carbocycles. The summed E-state index contributed by atoms with van der Waals surface area (Å²) >= 11 is 0. The largest absolute Gasteiger partial charge is 0.486 e. The summed E-state index contributed by atoms with van der Waals surface area (Å²) in [5, 5.41) is 0. The van der Waals surface area contributed by atoms with Crippen molar-refractivity contribution < 1.29 is 27.4 Å². The third kappa shape index (κ3) is 5.08. The molecule has 0 aromatic heterocycles. The summed E-state index contributed by atoms with van der Waals surface area (Å²) in [5.74, 6) is 0.410.